The Morgan fingerprint density at radius 3 is 2.04 bits per heavy atom. The van der Waals surface area contributed by atoms with E-state index in [1.807, 2.05) is 66.7 Å². The zero-order valence-corrected chi connectivity index (χ0v) is 28.9. The van der Waals surface area contributed by atoms with Crippen LogP contribution in [0.3, 0.4) is 0 Å². The molecule has 0 fully saturated rings. The molecule has 8 aromatic carbocycles. The molecule has 11 rings (SSSR count). The van der Waals surface area contributed by atoms with Gasteiger partial charge in [-0.1, -0.05) is 139 Å². The third-order valence-electron chi connectivity index (χ3n) is 9.58. The van der Waals surface area contributed by atoms with Crippen molar-refractivity contribution in [2.45, 2.75) is 0 Å². The lowest BCUT2D eigenvalue weighted by Crippen LogP contribution is -2.03. The number of rotatable bonds is 5. The summed E-state index contributed by atoms with van der Waals surface area (Å²) >= 11 is 1.24. The summed E-state index contributed by atoms with van der Waals surface area (Å²) in [5, 5.41) is 2.67. The van der Waals surface area contributed by atoms with Gasteiger partial charge in [0, 0.05) is 47.6 Å². The van der Waals surface area contributed by atoms with Crippen LogP contribution >= 0.6 is 11.3 Å². The molecule has 0 saturated heterocycles. The van der Waals surface area contributed by atoms with Crippen LogP contribution in [0.5, 0.6) is 0 Å². The molecule has 0 bridgehead atoms. The molecule has 0 atom stereocenters. The van der Waals surface area contributed by atoms with Crippen molar-refractivity contribution >= 4 is 64.1 Å². The number of nitrogens with zero attached hydrogens (tertiary/aromatic N) is 4. The number of para-hydroxylation sites is 3. The molecule has 0 spiro atoms. The fraction of sp³-hybridized carbons (Fsp3) is 0. The summed E-state index contributed by atoms with van der Waals surface area (Å²) in [6.07, 6.45) is 0. The highest BCUT2D eigenvalue weighted by atomic mass is 32.1. The highest BCUT2D eigenvalue weighted by Crippen LogP contribution is 2.41. The first-order valence-electron chi connectivity index (χ1n) is 23.1. The monoisotopic (exact) mass is 718 g/mol. The molecule has 5 heteroatoms. The van der Waals surface area contributed by atoms with E-state index in [9.17, 15) is 0 Å². The van der Waals surface area contributed by atoms with Gasteiger partial charge in [0.1, 0.15) is 0 Å². The average molecular weight is 719 g/mol. The topological polar surface area (TPSA) is 43.6 Å². The van der Waals surface area contributed by atoms with Crippen molar-refractivity contribution < 1.29 is 16.4 Å². The van der Waals surface area contributed by atoms with E-state index in [4.69, 9.17) is 31.4 Å². The summed E-state index contributed by atoms with van der Waals surface area (Å²) in [7, 11) is 0. The van der Waals surface area contributed by atoms with Gasteiger partial charge >= 0.3 is 0 Å². The largest absolute Gasteiger partial charge is 0.309 e. The lowest BCUT2D eigenvalue weighted by molar-refractivity contribution is 1.06. The van der Waals surface area contributed by atoms with Gasteiger partial charge in [-0.2, -0.15) is 0 Å². The van der Waals surface area contributed by atoms with E-state index in [1.54, 1.807) is 30.3 Å². The molecular weight excluding hydrogens is 677 g/mol. The maximum atomic E-state index is 9.13. The van der Waals surface area contributed by atoms with Crippen LogP contribution in [0.1, 0.15) is 16.4 Å². The van der Waals surface area contributed by atoms with Gasteiger partial charge in [-0.15, -0.1) is 11.3 Å². The van der Waals surface area contributed by atoms with Crippen molar-refractivity contribution in [2.24, 2.45) is 0 Å². The second kappa shape index (κ2) is 12.3. The van der Waals surface area contributed by atoms with E-state index in [0.29, 0.717) is 59.5 Å². The molecule has 0 aliphatic carbocycles. The third kappa shape index (κ3) is 4.94. The molecule has 3 aromatic heterocycles. The molecule has 54 heavy (non-hydrogen) atoms. The molecule has 0 saturated carbocycles. The summed E-state index contributed by atoms with van der Waals surface area (Å²) in [4.78, 5) is 15.2. The van der Waals surface area contributed by atoms with E-state index < -0.39 is 18.1 Å². The molecule has 11 aromatic rings. The fourth-order valence-electron chi connectivity index (χ4n) is 7.11. The van der Waals surface area contributed by atoms with Crippen molar-refractivity contribution in [1.82, 2.24) is 19.5 Å². The Morgan fingerprint density at radius 1 is 0.444 bits per heavy atom. The van der Waals surface area contributed by atoms with Gasteiger partial charge in [0.15, 0.2) is 17.5 Å². The van der Waals surface area contributed by atoms with Crippen LogP contribution < -0.4 is 0 Å². The molecule has 252 valence electrons. The van der Waals surface area contributed by atoms with E-state index in [-0.39, 0.29) is 87.8 Å². The lowest BCUT2D eigenvalue weighted by atomic mass is 10.0. The molecule has 3 heterocycles. The third-order valence-corrected chi connectivity index (χ3v) is 10.7. The van der Waals surface area contributed by atoms with Crippen LogP contribution in [0.2, 0.25) is 0 Å². The molecular formula is C49H30N4S. The SMILES string of the molecule is [2H]c1cc([2H])c2sc3c(-c4cccc(-c5nc(-c6ccc7ccccc7c6)nc(-c6ccccc6-n6c7c([2H])cc([2H])c([2H])c7c7c([2H])c([2H])c([2H])c([2H])c76)n5)c4)cc([2H])c([2H])c3c2c1[2H]. The van der Waals surface area contributed by atoms with Gasteiger partial charge in [0.2, 0.25) is 0 Å². The highest BCUT2D eigenvalue weighted by Gasteiger charge is 2.20. The first-order chi connectivity index (χ1) is 31.7. The van der Waals surface area contributed by atoms with Crippen LogP contribution in [0.15, 0.2) is 182 Å². The summed E-state index contributed by atoms with van der Waals surface area (Å²) in [5.41, 5.74) is 3.40. The van der Waals surface area contributed by atoms with Crippen molar-refractivity contribution in [2.75, 3.05) is 0 Å². The maximum absolute atomic E-state index is 9.13. The predicted molar refractivity (Wildman–Crippen MR) is 226 cm³/mol. The zero-order valence-electron chi connectivity index (χ0n) is 40.1. The molecule has 0 aliphatic rings. The van der Waals surface area contributed by atoms with Gasteiger partial charge in [-0.05, 0) is 64.3 Å². The molecule has 0 aliphatic heterocycles. The van der Waals surface area contributed by atoms with E-state index in [2.05, 4.69) is 0 Å². The molecule has 4 nitrogen and oxygen atoms in total. The van der Waals surface area contributed by atoms with Crippen LogP contribution in [-0.2, 0) is 0 Å². The van der Waals surface area contributed by atoms with Crippen LogP contribution in [0.4, 0.5) is 0 Å². The minimum Gasteiger partial charge on any atom is -0.309 e. The number of aromatic nitrogens is 4. The summed E-state index contributed by atoms with van der Waals surface area (Å²) in [5.74, 6) is 0.759. The highest BCUT2D eigenvalue weighted by molar-refractivity contribution is 7.26. The Morgan fingerprint density at radius 2 is 1.13 bits per heavy atom. The molecule has 0 N–H and O–H groups in total. The second-order valence-electron chi connectivity index (χ2n) is 12.7. The quantitative estimate of drug-likeness (QED) is 0.178. The number of fused-ring (bicyclic) bond motifs is 7. The predicted octanol–water partition coefficient (Wildman–Crippen LogP) is 13.2. The first-order valence-corrected chi connectivity index (χ1v) is 17.9. The Balaban J connectivity index is 1.18. The Bertz CT molecular complexity index is 3940. The number of hydrogen-bond donors (Lipinski definition) is 0. The number of hydrogen-bond acceptors (Lipinski definition) is 4. The Labute approximate surface area is 332 Å². The second-order valence-corrected chi connectivity index (χ2v) is 13.7. The van der Waals surface area contributed by atoms with E-state index in [1.165, 1.54) is 28.0 Å². The lowest BCUT2D eigenvalue weighted by Gasteiger charge is -2.15. The van der Waals surface area contributed by atoms with Crippen LogP contribution in [0, 0.1) is 0 Å². The molecule has 0 radical (unpaired) electrons. The van der Waals surface area contributed by atoms with E-state index in [0.717, 1.165) is 10.8 Å². The molecule has 0 unspecified atom stereocenters. The van der Waals surface area contributed by atoms with Crippen LogP contribution in [-0.4, -0.2) is 19.5 Å². The van der Waals surface area contributed by atoms with Crippen molar-refractivity contribution in [3.8, 4) is 51.0 Å². The summed E-state index contributed by atoms with van der Waals surface area (Å²) < 4.78 is 108. The Hall–Kier alpha value is -6.95. The average Bonchev–Trinajstić information content (AvgIpc) is 3.91. The molecule has 0 amide bonds. The smallest absolute Gasteiger partial charge is 0.166 e. The first kappa shape index (κ1) is 20.9. The summed E-state index contributed by atoms with van der Waals surface area (Å²) in [6, 6.07) is 29.5. The minimum atomic E-state index is -0.502. The van der Waals surface area contributed by atoms with Gasteiger partial charge in [-0.25, -0.2) is 15.0 Å². The van der Waals surface area contributed by atoms with Gasteiger partial charge in [0.25, 0.3) is 0 Å². The maximum Gasteiger partial charge on any atom is 0.166 e. The van der Waals surface area contributed by atoms with Crippen LogP contribution in [0.25, 0.3) is 104 Å². The van der Waals surface area contributed by atoms with Gasteiger partial charge in [0.05, 0.1) is 33.2 Å². The van der Waals surface area contributed by atoms with Crippen molar-refractivity contribution in [3.63, 3.8) is 0 Å². The fourth-order valence-corrected chi connectivity index (χ4v) is 8.23. The van der Waals surface area contributed by atoms with Gasteiger partial charge in [-0.3, -0.25) is 0 Å². The Kier molecular flexibility index (Phi) is 4.78. The van der Waals surface area contributed by atoms with E-state index >= 15 is 0 Å². The number of thiophene rings is 1. The standard InChI is InChI=1S/C49H30N4S/c1-2-14-32-29-35(28-27-31(32)13-1)48-50-47(34-16-11-15-33(30-34)36-21-12-22-40-39-19-6-10-26-45(39)54-46(36)40)51-49(52-48)41-20-5-9-25-44(41)53-42-23-7-3-17-37(42)38-18-4-8-24-43(38)53/h1-30H/i3D,4D,6D,7D,12D,17D,18D,19D,22D,23D,24D,26D. The van der Waals surface area contributed by atoms with Crippen molar-refractivity contribution in [3.05, 3.63) is 182 Å². The zero-order chi connectivity index (χ0) is 46.0. The summed E-state index contributed by atoms with van der Waals surface area (Å²) in [6.45, 7) is 0. The number of benzene rings is 8. The minimum absolute atomic E-state index is 0.0171. The van der Waals surface area contributed by atoms with Gasteiger partial charge < -0.3 is 4.57 Å². The normalized spacial score (nSPS) is 14.8. The van der Waals surface area contributed by atoms with Crippen molar-refractivity contribution in [1.29, 1.82) is 0 Å².